The van der Waals surface area contributed by atoms with Crippen LogP contribution in [0, 0.1) is 5.92 Å². The first-order chi connectivity index (χ1) is 12.9. The van der Waals surface area contributed by atoms with Crippen LogP contribution in [-0.4, -0.2) is 26.3 Å². The van der Waals surface area contributed by atoms with Crippen LogP contribution in [0.15, 0.2) is 61.2 Å². The Kier molecular flexibility index (Phi) is 5.37. The second kappa shape index (κ2) is 7.72. The molecule has 3 rings (SSSR count). The van der Waals surface area contributed by atoms with Gasteiger partial charge in [0, 0.05) is 41.5 Å². The minimum Gasteiger partial charge on any atom is -0.373 e. The van der Waals surface area contributed by atoms with Gasteiger partial charge in [0.05, 0.1) is 0 Å². The van der Waals surface area contributed by atoms with Crippen molar-refractivity contribution in [3.8, 4) is 11.1 Å². The molecule has 0 radical (unpaired) electrons. The number of benzene rings is 1. The molecule has 4 N–H and O–H groups in total. The van der Waals surface area contributed by atoms with Gasteiger partial charge >= 0.3 is 0 Å². The first-order valence-electron chi connectivity index (χ1n) is 8.94. The smallest absolute Gasteiger partial charge is 0.219 e. The van der Waals surface area contributed by atoms with Crippen molar-refractivity contribution in [2.24, 2.45) is 5.92 Å². The molecule has 0 saturated carbocycles. The van der Waals surface area contributed by atoms with E-state index >= 15 is 0 Å². The van der Waals surface area contributed by atoms with E-state index < -0.39 is 11.6 Å². The topological polar surface area (TPSA) is 97.0 Å². The second-order valence-electron chi connectivity index (χ2n) is 7.13. The predicted octanol–water partition coefficient (Wildman–Crippen LogP) is 3.47. The Labute approximate surface area is 159 Å². The van der Waals surface area contributed by atoms with Gasteiger partial charge in [-0.25, -0.2) is 9.97 Å². The number of aliphatic hydroxyl groups excluding tert-OH is 1. The SMILES string of the molecule is CC(C)C(C)(c1ccc(-c2cnc(N)nc2)cc1)C(O)Nc1ccncc1. The fourth-order valence-corrected chi connectivity index (χ4v) is 3.07. The lowest BCUT2D eigenvalue weighted by Gasteiger charge is -2.39. The largest absolute Gasteiger partial charge is 0.373 e. The molecule has 0 aliphatic carbocycles. The Morgan fingerprint density at radius 3 is 2.11 bits per heavy atom. The number of anilines is 2. The maximum Gasteiger partial charge on any atom is 0.219 e. The molecular weight excluding hydrogens is 338 g/mol. The molecule has 0 aliphatic heterocycles. The summed E-state index contributed by atoms with van der Waals surface area (Å²) in [5.41, 5.74) is 8.85. The molecule has 2 aromatic heterocycles. The quantitative estimate of drug-likeness (QED) is 0.580. The molecule has 0 amide bonds. The zero-order valence-corrected chi connectivity index (χ0v) is 15.8. The summed E-state index contributed by atoms with van der Waals surface area (Å²) in [7, 11) is 0. The van der Waals surface area contributed by atoms with Crippen LogP contribution in [0.2, 0.25) is 0 Å². The van der Waals surface area contributed by atoms with Crippen molar-refractivity contribution in [3.63, 3.8) is 0 Å². The molecule has 140 valence electrons. The lowest BCUT2D eigenvalue weighted by molar-refractivity contribution is 0.0840. The number of aliphatic hydroxyl groups is 1. The Morgan fingerprint density at radius 1 is 0.963 bits per heavy atom. The predicted molar refractivity (Wildman–Crippen MR) is 108 cm³/mol. The summed E-state index contributed by atoms with van der Waals surface area (Å²) in [6.07, 6.45) is 6.05. The minimum atomic E-state index is -0.759. The molecule has 2 heterocycles. The maximum atomic E-state index is 11.0. The molecule has 6 heteroatoms. The van der Waals surface area contributed by atoms with Crippen molar-refractivity contribution in [3.05, 3.63) is 66.7 Å². The highest BCUT2D eigenvalue weighted by Crippen LogP contribution is 2.37. The van der Waals surface area contributed by atoms with Crippen LogP contribution in [-0.2, 0) is 5.41 Å². The van der Waals surface area contributed by atoms with Crippen LogP contribution in [0.1, 0.15) is 26.3 Å². The molecule has 3 aromatic rings. The van der Waals surface area contributed by atoms with Gasteiger partial charge in [-0.1, -0.05) is 45.0 Å². The first-order valence-corrected chi connectivity index (χ1v) is 8.94. The summed E-state index contributed by atoms with van der Waals surface area (Å²) in [6.45, 7) is 6.29. The normalized spacial score (nSPS) is 14.6. The van der Waals surface area contributed by atoms with E-state index in [0.29, 0.717) is 0 Å². The van der Waals surface area contributed by atoms with E-state index in [9.17, 15) is 5.11 Å². The van der Waals surface area contributed by atoms with Gasteiger partial charge in [-0.15, -0.1) is 0 Å². The van der Waals surface area contributed by atoms with Crippen molar-refractivity contribution in [2.45, 2.75) is 32.4 Å². The van der Waals surface area contributed by atoms with E-state index in [1.165, 1.54) is 0 Å². The molecule has 2 atom stereocenters. The minimum absolute atomic E-state index is 0.201. The van der Waals surface area contributed by atoms with E-state index in [1.807, 2.05) is 36.4 Å². The highest BCUT2D eigenvalue weighted by Gasteiger charge is 2.38. The number of nitrogens with zero attached hydrogens (tertiary/aromatic N) is 3. The van der Waals surface area contributed by atoms with E-state index in [-0.39, 0.29) is 11.9 Å². The van der Waals surface area contributed by atoms with E-state index in [0.717, 1.165) is 22.4 Å². The molecule has 6 nitrogen and oxygen atoms in total. The van der Waals surface area contributed by atoms with Gasteiger partial charge in [-0.3, -0.25) is 4.98 Å². The maximum absolute atomic E-state index is 11.0. The van der Waals surface area contributed by atoms with Crippen LogP contribution in [0.4, 0.5) is 11.6 Å². The lowest BCUT2D eigenvalue weighted by atomic mass is 9.71. The molecule has 0 saturated heterocycles. The van der Waals surface area contributed by atoms with Crippen LogP contribution in [0.25, 0.3) is 11.1 Å². The Bertz CT molecular complexity index is 865. The molecule has 0 spiro atoms. The highest BCUT2D eigenvalue weighted by atomic mass is 16.3. The van der Waals surface area contributed by atoms with Crippen molar-refractivity contribution in [1.29, 1.82) is 0 Å². The van der Waals surface area contributed by atoms with E-state index in [2.05, 4.69) is 41.0 Å². The summed E-state index contributed by atoms with van der Waals surface area (Å²) in [5, 5.41) is 14.2. The van der Waals surface area contributed by atoms with Crippen molar-refractivity contribution in [1.82, 2.24) is 15.0 Å². The third kappa shape index (κ3) is 3.90. The average molecular weight is 363 g/mol. The van der Waals surface area contributed by atoms with Crippen LogP contribution < -0.4 is 11.1 Å². The number of nitrogens with two attached hydrogens (primary N) is 1. The van der Waals surface area contributed by atoms with Crippen LogP contribution >= 0.6 is 0 Å². The van der Waals surface area contributed by atoms with E-state index in [1.54, 1.807) is 24.8 Å². The van der Waals surface area contributed by atoms with Gasteiger partial charge in [0.25, 0.3) is 0 Å². The number of nitrogens with one attached hydrogen (secondary N) is 1. The summed E-state index contributed by atoms with van der Waals surface area (Å²) >= 11 is 0. The first kappa shape index (κ1) is 18.8. The number of rotatable bonds is 6. The highest BCUT2D eigenvalue weighted by molar-refractivity contribution is 5.62. The number of hydrogen-bond donors (Lipinski definition) is 3. The fraction of sp³-hybridized carbons (Fsp3) is 0.286. The van der Waals surface area contributed by atoms with Gasteiger partial charge in [-0.2, -0.15) is 0 Å². The molecular formula is C21H25N5O. The van der Waals surface area contributed by atoms with Crippen molar-refractivity contribution < 1.29 is 5.11 Å². The fourth-order valence-electron chi connectivity index (χ4n) is 3.07. The Balaban J connectivity index is 1.88. The summed E-state index contributed by atoms with van der Waals surface area (Å²) in [5.74, 6) is 0.459. The molecule has 0 aliphatic rings. The third-order valence-electron chi connectivity index (χ3n) is 5.26. The summed E-state index contributed by atoms with van der Waals surface area (Å²) in [4.78, 5) is 12.1. The van der Waals surface area contributed by atoms with Crippen molar-refractivity contribution >= 4 is 11.6 Å². The standard InChI is InChI=1S/C21H25N5O/c1-14(2)21(3,19(27)26-18-8-10-23-11-9-18)17-6-4-15(5-7-17)16-12-24-20(22)25-13-16/h4-14,19,27H,1-3H3,(H,23,26)(H2,22,24,25). The van der Waals surface area contributed by atoms with Gasteiger partial charge in [0.2, 0.25) is 5.95 Å². The van der Waals surface area contributed by atoms with Gasteiger partial charge < -0.3 is 16.2 Å². The Hall–Kier alpha value is -2.99. The van der Waals surface area contributed by atoms with Gasteiger partial charge in [-0.05, 0) is 29.2 Å². The number of pyridine rings is 1. The van der Waals surface area contributed by atoms with Crippen LogP contribution in [0.5, 0.6) is 0 Å². The van der Waals surface area contributed by atoms with Gasteiger partial charge in [0.1, 0.15) is 6.23 Å². The molecule has 2 unspecified atom stereocenters. The number of hydrogen-bond acceptors (Lipinski definition) is 6. The zero-order chi connectivity index (χ0) is 19.4. The average Bonchev–Trinajstić information content (AvgIpc) is 2.68. The lowest BCUT2D eigenvalue weighted by Crippen LogP contribution is -2.46. The van der Waals surface area contributed by atoms with Gasteiger partial charge in [0.15, 0.2) is 0 Å². The Morgan fingerprint density at radius 2 is 1.56 bits per heavy atom. The molecule has 0 bridgehead atoms. The van der Waals surface area contributed by atoms with E-state index in [4.69, 9.17) is 5.73 Å². The molecule has 1 aromatic carbocycles. The second-order valence-corrected chi connectivity index (χ2v) is 7.13. The van der Waals surface area contributed by atoms with Crippen molar-refractivity contribution in [2.75, 3.05) is 11.1 Å². The third-order valence-corrected chi connectivity index (χ3v) is 5.26. The molecule has 0 fully saturated rings. The summed E-state index contributed by atoms with van der Waals surface area (Å²) < 4.78 is 0. The number of nitrogen functional groups attached to an aromatic ring is 1. The van der Waals surface area contributed by atoms with Crippen LogP contribution in [0.3, 0.4) is 0 Å². The molecule has 27 heavy (non-hydrogen) atoms. The zero-order valence-electron chi connectivity index (χ0n) is 15.8. The summed E-state index contributed by atoms with van der Waals surface area (Å²) in [6, 6.07) is 11.8. The number of aromatic nitrogens is 3. The monoisotopic (exact) mass is 363 g/mol.